The smallest absolute Gasteiger partial charge is 0.407 e. The number of carbonyl (C=O) groups excluding carboxylic acids is 2. The van der Waals surface area contributed by atoms with Crippen molar-refractivity contribution in [1.29, 1.82) is 0 Å². The van der Waals surface area contributed by atoms with Crippen LogP contribution in [0.25, 0.3) is 0 Å². The predicted octanol–water partition coefficient (Wildman–Crippen LogP) is 0.541. The highest BCUT2D eigenvalue weighted by molar-refractivity contribution is 5.79. The van der Waals surface area contributed by atoms with Gasteiger partial charge in [-0.1, -0.05) is 30.3 Å². The molecular weight excluding hydrogens is 254 g/mol. The molecular formula is C12H13NO6. The van der Waals surface area contributed by atoms with Crippen molar-refractivity contribution in [3.8, 4) is 0 Å². The van der Waals surface area contributed by atoms with E-state index in [2.05, 4.69) is 10.1 Å². The first-order valence-corrected chi connectivity index (χ1v) is 5.40. The van der Waals surface area contributed by atoms with Gasteiger partial charge < -0.3 is 19.9 Å². The molecule has 0 saturated carbocycles. The number of ether oxygens (including phenoxy) is 2. The molecule has 0 saturated heterocycles. The van der Waals surface area contributed by atoms with Crippen LogP contribution in [0.3, 0.4) is 0 Å². The third kappa shape index (κ3) is 6.67. The zero-order chi connectivity index (χ0) is 14.1. The molecule has 0 heterocycles. The van der Waals surface area contributed by atoms with Gasteiger partial charge in [-0.2, -0.15) is 0 Å². The van der Waals surface area contributed by atoms with Gasteiger partial charge in [0.15, 0.2) is 6.61 Å². The van der Waals surface area contributed by atoms with Gasteiger partial charge in [0, 0.05) is 0 Å². The van der Waals surface area contributed by atoms with E-state index >= 15 is 0 Å². The molecule has 0 fully saturated rings. The van der Waals surface area contributed by atoms with Crippen LogP contribution in [0, 0.1) is 0 Å². The molecule has 0 atom stereocenters. The minimum absolute atomic E-state index is 0.0802. The summed E-state index contributed by atoms with van der Waals surface area (Å²) in [7, 11) is 0. The fourth-order valence-corrected chi connectivity index (χ4v) is 1.11. The molecule has 1 rings (SSSR count). The van der Waals surface area contributed by atoms with E-state index in [0.29, 0.717) is 0 Å². The fourth-order valence-electron chi connectivity index (χ4n) is 1.11. The molecule has 7 nitrogen and oxygen atoms in total. The Kier molecular flexibility index (Phi) is 5.87. The molecule has 1 amide bonds. The molecule has 0 bridgehead atoms. The molecule has 0 radical (unpaired) electrons. The monoisotopic (exact) mass is 267 g/mol. The first-order chi connectivity index (χ1) is 9.08. The lowest BCUT2D eigenvalue weighted by Gasteiger charge is -2.06. The Morgan fingerprint density at radius 3 is 2.42 bits per heavy atom. The van der Waals surface area contributed by atoms with Crippen molar-refractivity contribution in [3.63, 3.8) is 0 Å². The summed E-state index contributed by atoms with van der Waals surface area (Å²) in [5.74, 6) is -2.11. The molecule has 0 aliphatic carbocycles. The summed E-state index contributed by atoms with van der Waals surface area (Å²) >= 11 is 0. The number of rotatable bonds is 6. The molecule has 0 aromatic heterocycles. The molecule has 1 aromatic carbocycles. The summed E-state index contributed by atoms with van der Waals surface area (Å²) in [6, 6.07) is 9.02. The van der Waals surface area contributed by atoms with E-state index in [4.69, 9.17) is 9.84 Å². The topological polar surface area (TPSA) is 102 Å². The van der Waals surface area contributed by atoms with Gasteiger partial charge in [0.1, 0.15) is 13.2 Å². The number of alkyl carbamates (subject to hydrolysis) is 1. The third-order valence-electron chi connectivity index (χ3n) is 1.95. The van der Waals surface area contributed by atoms with Gasteiger partial charge >= 0.3 is 18.0 Å². The second-order valence-corrected chi connectivity index (χ2v) is 3.47. The molecule has 0 unspecified atom stereocenters. The van der Waals surface area contributed by atoms with E-state index in [1.807, 2.05) is 6.07 Å². The number of carboxylic acid groups (broad SMARTS) is 1. The summed E-state index contributed by atoms with van der Waals surface area (Å²) in [6.45, 7) is -1.10. The molecule has 7 heteroatoms. The van der Waals surface area contributed by atoms with Crippen LogP contribution in [0.4, 0.5) is 4.79 Å². The van der Waals surface area contributed by atoms with Crippen LogP contribution >= 0.6 is 0 Å². The summed E-state index contributed by atoms with van der Waals surface area (Å²) < 4.78 is 9.14. The third-order valence-corrected chi connectivity index (χ3v) is 1.95. The van der Waals surface area contributed by atoms with Crippen molar-refractivity contribution in [3.05, 3.63) is 35.9 Å². The van der Waals surface area contributed by atoms with Gasteiger partial charge in [0.2, 0.25) is 0 Å². The predicted molar refractivity (Wildman–Crippen MR) is 63.2 cm³/mol. The Morgan fingerprint density at radius 2 is 1.79 bits per heavy atom. The van der Waals surface area contributed by atoms with Gasteiger partial charge in [-0.15, -0.1) is 0 Å². The Morgan fingerprint density at radius 1 is 1.11 bits per heavy atom. The van der Waals surface area contributed by atoms with Crippen molar-refractivity contribution in [2.75, 3.05) is 13.2 Å². The number of esters is 1. The average molecular weight is 267 g/mol. The largest absolute Gasteiger partial charge is 0.479 e. The van der Waals surface area contributed by atoms with Crippen LogP contribution in [-0.4, -0.2) is 36.3 Å². The van der Waals surface area contributed by atoms with Crippen molar-refractivity contribution >= 4 is 18.0 Å². The van der Waals surface area contributed by atoms with Crippen molar-refractivity contribution in [2.24, 2.45) is 0 Å². The van der Waals surface area contributed by atoms with Crippen LogP contribution in [-0.2, 0) is 25.7 Å². The van der Waals surface area contributed by atoms with E-state index in [0.717, 1.165) is 5.56 Å². The van der Waals surface area contributed by atoms with Crippen LogP contribution in [0.2, 0.25) is 0 Å². The minimum atomic E-state index is -1.26. The zero-order valence-electron chi connectivity index (χ0n) is 10.00. The normalized spacial score (nSPS) is 9.47. The second kappa shape index (κ2) is 7.70. The number of hydrogen-bond acceptors (Lipinski definition) is 5. The number of aliphatic carboxylic acids is 1. The van der Waals surface area contributed by atoms with Gasteiger partial charge in [-0.25, -0.2) is 9.59 Å². The number of amides is 1. The quantitative estimate of drug-likeness (QED) is 0.729. The Bertz CT molecular complexity index is 445. The summed E-state index contributed by atoms with van der Waals surface area (Å²) in [4.78, 5) is 32.3. The first-order valence-electron chi connectivity index (χ1n) is 5.40. The lowest BCUT2D eigenvalue weighted by atomic mass is 10.2. The van der Waals surface area contributed by atoms with E-state index in [9.17, 15) is 14.4 Å². The zero-order valence-corrected chi connectivity index (χ0v) is 10.00. The number of nitrogens with one attached hydrogen (secondary N) is 1. The standard InChI is InChI=1S/C12H13NO6/c14-10(15)8-18-11(16)6-13-12(17)19-7-9-4-2-1-3-5-9/h1-5H,6-8H2,(H,13,17)(H,14,15). The highest BCUT2D eigenvalue weighted by atomic mass is 16.6. The van der Waals surface area contributed by atoms with E-state index in [1.54, 1.807) is 24.3 Å². The highest BCUT2D eigenvalue weighted by Gasteiger charge is 2.09. The van der Waals surface area contributed by atoms with E-state index in [-0.39, 0.29) is 6.61 Å². The summed E-state index contributed by atoms with van der Waals surface area (Å²) in [5.41, 5.74) is 0.811. The van der Waals surface area contributed by atoms with E-state index in [1.165, 1.54) is 0 Å². The molecule has 1 aromatic rings. The van der Waals surface area contributed by atoms with Crippen LogP contribution in [0.5, 0.6) is 0 Å². The molecule has 0 aliphatic rings. The molecule has 102 valence electrons. The average Bonchev–Trinajstić information content (AvgIpc) is 2.41. The summed E-state index contributed by atoms with van der Waals surface area (Å²) in [5, 5.41) is 10.4. The number of carbonyl (C=O) groups is 3. The van der Waals surface area contributed by atoms with Crippen LogP contribution < -0.4 is 5.32 Å². The SMILES string of the molecule is O=C(O)COC(=O)CNC(=O)OCc1ccccc1. The summed E-state index contributed by atoms with van der Waals surface area (Å²) in [6.07, 6.45) is -0.781. The van der Waals surface area contributed by atoms with Gasteiger partial charge in [0.05, 0.1) is 0 Å². The van der Waals surface area contributed by atoms with Crippen molar-refractivity contribution in [2.45, 2.75) is 6.61 Å². The second-order valence-electron chi connectivity index (χ2n) is 3.47. The molecule has 2 N–H and O–H groups in total. The maximum atomic E-state index is 11.2. The number of carboxylic acids is 1. The number of hydrogen-bond donors (Lipinski definition) is 2. The van der Waals surface area contributed by atoms with Gasteiger partial charge in [0.25, 0.3) is 0 Å². The van der Waals surface area contributed by atoms with E-state index < -0.39 is 31.2 Å². The fraction of sp³-hybridized carbons (Fsp3) is 0.250. The molecule has 0 aliphatic heterocycles. The Hall–Kier alpha value is -2.57. The maximum absolute atomic E-state index is 11.2. The lowest BCUT2D eigenvalue weighted by molar-refractivity contribution is -0.154. The molecule has 19 heavy (non-hydrogen) atoms. The Balaban J connectivity index is 2.17. The first kappa shape index (κ1) is 14.5. The van der Waals surface area contributed by atoms with Crippen LogP contribution in [0.15, 0.2) is 30.3 Å². The maximum Gasteiger partial charge on any atom is 0.407 e. The van der Waals surface area contributed by atoms with Crippen molar-refractivity contribution < 1.29 is 29.0 Å². The number of benzene rings is 1. The van der Waals surface area contributed by atoms with Gasteiger partial charge in [-0.05, 0) is 5.56 Å². The lowest BCUT2D eigenvalue weighted by Crippen LogP contribution is -2.31. The van der Waals surface area contributed by atoms with Gasteiger partial charge in [-0.3, -0.25) is 4.79 Å². The van der Waals surface area contributed by atoms with Crippen LogP contribution in [0.1, 0.15) is 5.56 Å². The highest BCUT2D eigenvalue weighted by Crippen LogP contribution is 2.00. The van der Waals surface area contributed by atoms with Crippen molar-refractivity contribution in [1.82, 2.24) is 5.32 Å². The molecule has 0 spiro atoms. The minimum Gasteiger partial charge on any atom is -0.479 e. The Labute approximate surface area is 109 Å².